The number of fused-ring (bicyclic) bond motifs is 3. The lowest BCUT2D eigenvalue weighted by Gasteiger charge is -2.14. The summed E-state index contributed by atoms with van der Waals surface area (Å²) in [7, 11) is 0. The average molecular weight is 373 g/mol. The molecule has 0 saturated carbocycles. The number of nitrogens with one attached hydrogen (secondary N) is 1. The zero-order valence-corrected chi connectivity index (χ0v) is 15.1. The largest absolute Gasteiger partial charge is 0.454 e. The van der Waals surface area contributed by atoms with Crippen molar-refractivity contribution in [3.63, 3.8) is 0 Å². The van der Waals surface area contributed by atoms with Crippen LogP contribution in [-0.2, 0) is 4.74 Å². The molecule has 5 nitrogen and oxygen atoms in total. The molecule has 1 aliphatic carbocycles. The van der Waals surface area contributed by atoms with Crippen molar-refractivity contribution in [1.82, 2.24) is 5.32 Å². The molecule has 0 radical (unpaired) electrons. The second-order valence-electron chi connectivity index (χ2n) is 6.47. The normalized spacial score (nSPS) is 12.6. The van der Waals surface area contributed by atoms with Gasteiger partial charge < -0.3 is 14.5 Å². The van der Waals surface area contributed by atoms with Crippen molar-refractivity contribution in [3.05, 3.63) is 89.4 Å². The van der Waals surface area contributed by atoms with E-state index < -0.39 is 6.09 Å². The molecule has 5 heteroatoms. The van der Waals surface area contributed by atoms with Crippen LogP contribution in [-0.4, -0.2) is 25.5 Å². The highest BCUT2D eigenvalue weighted by atomic mass is 16.5. The minimum Gasteiger partial charge on any atom is -0.454 e. The zero-order valence-electron chi connectivity index (χ0n) is 15.1. The second-order valence-corrected chi connectivity index (χ2v) is 6.47. The quantitative estimate of drug-likeness (QED) is 0.639. The maximum absolute atomic E-state index is 12.0. The predicted molar refractivity (Wildman–Crippen MR) is 106 cm³/mol. The molecule has 1 aromatic heterocycles. The van der Waals surface area contributed by atoms with Gasteiger partial charge in [-0.2, -0.15) is 0 Å². The van der Waals surface area contributed by atoms with E-state index in [2.05, 4.69) is 29.6 Å². The Kier molecular flexibility index (Phi) is 5.06. The Labute approximate surface area is 162 Å². The number of carbonyl (C=O) groups is 2. The van der Waals surface area contributed by atoms with Gasteiger partial charge in [-0.1, -0.05) is 54.6 Å². The molecular weight excluding hydrogens is 354 g/mol. The highest BCUT2D eigenvalue weighted by molar-refractivity contribution is 5.79. The van der Waals surface area contributed by atoms with E-state index in [0.717, 1.165) is 0 Å². The van der Waals surface area contributed by atoms with E-state index in [0.29, 0.717) is 18.6 Å². The van der Waals surface area contributed by atoms with Gasteiger partial charge in [0.1, 0.15) is 12.4 Å². The third kappa shape index (κ3) is 3.60. The number of amides is 1. The summed E-state index contributed by atoms with van der Waals surface area (Å²) >= 11 is 0. The molecule has 0 aliphatic heterocycles. The summed E-state index contributed by atoms with van der Waals surface area (Å²) in [4.78, 5) is 22.6. The van der Waals surface area contributed by atoms with E-state index in [1.807, 2.05) is 24.3 Å². The Bertz CT molecular complexity index is 989. The monoisotopic (exact) mass is 373 g/mol. The Morgan fingerprint density at radius 3 is 2.25 bits per heavy atom. The van der Waals surface area contributed by atoms with Crippen LogP contribution in [0.1, 0.15) is 33.4 Å². The van der Waals surface area contributed by atoms with Gasteiger partial charge in [0.2, 0.25) is 0 Å². The van der Waals surface area contributed by atoms with Crippen LogP contribution in [0.4, 0.5) is 4.79 Å². The number of hydrogen-bond donors (Lipinski definition) is 1. The number of benzene rings is 2. The summed E-state index contributed by atoms with van der Waals surface area (Å²) in [5.74, 6) is 0.860. The standard InChI is InChI=1S/C23H19NO4/c25-14-17-12-11-16(28-17)6-5-13-24-23(26)27-15-22-20-9-3-1-7-18(20)19-8-2-4-10-21(19)22/h1-12,14,22H,13,15H2,(H,24,26). The molecular formula is C23H19NO4. The number of rotatable bonds is 6. The van der Waals surface area contributed by atoms with Crippen LogP contribution in [0, 0.1) is 0 Å². The molecule has 0 bridgehead atoms. The molecule has 1 aliphatic rings. The first-order chi connectivity index (χ1) is 13.8. The Morgan fingerprint density at radius 1 is 0.964 bits per heavy atom. The van der Waals surface area contributed by atoms with E-state index in [1.165, 1.54) is 22.3 Å². The van der Waals surface area contributed by atoms with Gasteiger partial charge in [0.15, 0.2) is 12.0 Å². The smallest absolute Gasteiger partial charge is 0.407 e. The summed E-state index contributed by atoms with van der Waals surface area (Å²) in [6, 6.07) is 19.7. The van der Waals surface area contributed by atoms with Gasteiger partial charge >= 0.3 is 6.09 Å². The molecule has 1 amide bonds. The van der Waals surface area contributed by atoms with Crippen molar-refractivity contribution in [2.75, 3.05) is 13.2 Å². The Morgan fingerprint density at radius 2 is 1.61 bits per heavy atom. The third-order valence-corrected chi connectivity index (χ3v) is 4.75. The molecule has 0 unspecified atom stereocenters. The van der Waals surface area contributed by atoms with Crippen LogP contribution in [0.3, 0.4) is 0 Å². The van der Waals surface area contributed by atoms with Crippen molar-refractivity contribution in [2.45, 2.75) is 5.92 Å². The average Bonchev–Trinajstić information content (AvgIpc) is 3.32. The SMILES string of the molecule is O=Cc1ccc(C=CCNC(=O)OCC2c3ccccc3-c3ccccc32)o1. The Hall–Kier alpha value is -3.60. The van der Waals surface area contributed by atoms with Crippen LogP contribution >= 0.6 is 0 Å². The summed E-state index contributed by atoms with van der Waals surface area (Å²) in [6.45, 7) is 0.582. The number of aldehydes is 1. The topological polar surface area (TPSA) is 68.5 Å². The van der Waals surface area contributed by atoms with Crippen LogP contribution < -0.4 is 5.32 Å². The van der Waals surface area contributed by atoms with Crippen molar-refractivity contribution in [2.24, 2.45) is 0 Å². The number of ether oxygens (including phenoxy) is 1. The third-order valence-electron chi connectivity index (χ3n) is 4.75. The van der Waals surface area contributed by atoms with Gasteiger partial charge in [-0.15, -0.1) is 0 Å². The molecule has 1 N–H and O–H groups in total. The molecule has 0 fully saturated rings. The number of alkyl carbamates (subject to hydrolysis) is 1. The van der Waals surface area contributed by atoms with Crippen molar-refractivity contribution < 1.29 is 18.7 Å². The fourth-order valence-corrected chi connectivity index (χ4v) is 3.49. The summed E-state index contributed by atoms with van der Waals surface area (Å²) in [5.41, 5.74) is 4.76. The van der Waals surface area contributed by atoms with Gasteiger partial charge in [0, 0.05) is 12.5 Å². The van der Waals surface area contributed by atoms with Crippen LogP contribution in [0.5, 0.6) is 0 Å². The molecule has 3 aromatic rings. The highest BCUT2D eigenvalue weighted by Gasteiger charge is 2.28. The van der Waals surface area contributed by atoms with E-state index in [9.17, 15) is 9.59 Å². The van der Waals surface area contributed by atoms with Crippen LogP contribution in [0.25, 0.3) is 17.2 Å². The highest BCUT2D eigenvalue weighted by Crippen LogP contribution is 2.44. The van der Waals surface area contributed by atoms with E-state index in [-0.39, 0.29) is 18.3 Å². The number of carbonyl (C=O) groups excluding carboxylic acids is 2. The first-order valence-electron chi connectivity index (χ1n) is 9.06. The van der Waals surface area contributed by atoms with Gasteiger partial charge in [0.05, 0.1) is 0 Å². The fourth-order valence-electron chi connectivity index (χ4n) is 3.49. The molecule has 4 rings (SSSR count). The molecule has 140 valence electrons. The second kappa shape index (κ2) is 7.96. The lowest BCUT2D eigenvalue weighted by molar-refractivity contribution is 0.110. The molecule has 0 saturated heterocycles. The van der Waals surface area contributed by atoms with Crippen LogP contribution in [0.2, 0.25) is 0 Å². The minimum absolute atomic E-state index is 0.0403. The van der Waals surface area contributed by atoms with Gasteiger partial charge in [-0.05, 0) is 40.5 Å². The number of hydrogen-bond acceptors (Lipinski definition) is 4. The lowest BCUT2D eigenvalue weighted by atomic mass is 9.98. The maximum atomic E-state index is 12.0. The molecule has 2 aromatic carbocycles. The zero-order chi connectivity index (χ0) is 19.3. The maximum Gasteiger partial charge on any atom is 0.407 e. The van der Waals surface area contributed by atoms with E-state index in [1.54, 1.807) is 24.3 Å². The minimum atomic E-state index is -0.473. The molecule has 0 atom stereocenters. The summed E-state index contributed by atoms with van der Waals surface area (Å²) in [6.07, 6.45) is 3.59. The summed E-state index contributed by atoms with van der Waals surface area (Å²) < 4.78 is 10.7. The molecule has 0 spiro atoms. The van der Waals surface area contributed by atoms with Gasteiger partial charge in [-0.25, -0.2) is 4.79 Å². The molecule has 1 heterocycles. The first-order valence-corrected chi connectivity index (χ1v) is 9.06. The lowest BCUT2D eigenvalue weighted by Crippen LogP contribution is -2.26. The van der Waals surface area contributed by atoms with Crippen molar-refractivity contribution >= 4 is 18.5 Å². The first kappa shape index (κ1) is 17.8. The molecule has 28 heavy (non-hydrogen) atoms. The van der Waals surface area contributed by atoms with E-state index in [4.69, 9.17) is 9.15 Å². The fraction of sp³-hybridized carbons (Fsp3) is 0.130. The van der Waals surface area contributed by atoms with Crippen LogP contribution in [0.15, 0.2) is 71.2 Å². The van der Waals surface area contributed by atoms with Gasteiger partial charge in [0.25, 0.3) is 0 Å². The van der Waals surface area contributed by atoms with Crippen molar-refractivity contribution in [1.29, 1.82) is 0 Å². The van der Waals surface area contributed by atoms with Crippen molar-refractivity contribution in [3.8, 4) is 11.1 Å². The Balaban J connectivity index is 1.33. The van der Waals surface area contributed by atoms with E-state index >= 15 is 0 Å². The van der Waals surface area contributed by atoms with Gasteiger partial charge in [-0.3, -0.25) is 4.79 Å². The number of furan rings is 1. The predicted octanol–water partition coefficient (Wildman–Crippen LogP) is 4.64. The summed E-state index contributed by atoms with van der Waals surface area (Å²) in [5, 5.41) is 2.69.